The average Bonchev–Trinajstić information content (AvgIpc) is 3.55. The molecule has 0 fully saturated rings. The molecule has 0 bridgehead atoms. The van der Waals surface area contributed by atoms with Crippen LogP contribution in [0.2, 0.25) is 0 Å². The van der Waals surface area contributed by atoms with Crippen LogP contribution in [-0.4, -0.2) is 0 Å². The van der Waals surface area contributed by atoms with E-state index in [1.807, 2.05) is 78.9 Å². The molecule has 1 heteroatoms. The molecule has 0 unspecified atom stereocenters. The van der Waals surface area contributed by atoms with Gasteiger partial charge in [0.1, 0.15) is 11.2 Å². The molecule has 1 aromatic heterocycles. The first-order valence-electron chi connectivity index (χ1n) is 18.1. The van der Waals surface area contributed by atoms with Crippen LogP contribution in [0.15, 0.2) is 186 Å². The summed E-state index contributed by atoms with van der Waals surface area (Å²) in [5.74, 6) is 0. The summed E-state index contributed by atoms with van der Waals surface area (Å²) in [6.07, 6.45) is 0. The Balaban J connectivity index is 1.29. The Hall–Kier alpha value is -6.44. The zero-order valence-electron chi connectivity index (χ0n) is 29.5. The summed E-state index contributed by atoms with van der Waals surface area (Å²) in [5.41, 5.74) is 8.04. The molecule has 0 saturated carbocycles. The highest BCUT2D eigenvalue weighted by Crippen LogP contribution is 2.46. The van der Waals surface area contributed by atoms with Gasteiger partial charge in [0.25, 0.3) is 0 Å². The Labute approximate surface area is 288 Å². The fraction of sp³-hybridized carbons (Fsp3) is 0. The molecule has 1 nitrogen and oxygen atoms in total. The molecule has 0 atom stereocenters. The van der Waals surface area contributed by atoms with Gasteiger partial charge in [0.05, 0.1) is 4.11 Å². The average molecular weight is 626 g/mol. The molecular weight excluding hydrogens is 593 g/mol. The van der Waals surface area contributed by atoms with Crippen LogP contribution in [0.1, 0.15) is 4.11 Å². The van der Waals surface area contributed by atoms with Gasteiger partial charge in [-0.25, -0.2) is 0 Å². The first-order chi connectivity index (χ1) is 25.6. The van der Waals surface area contributed by atoms with Crippen molar-refractivity contribution in [1.82, 2.24) is 0 Å². The number of rotatable bonds is 4. The Morgan fingerprint density at radius 1 is 0.347 bits per heavy atom. The molecule has 0 aliphatic rings. The quantitative estimate of drug-likeness (QED) is 0.177. The summed E-state index contributed by atoms with van der Waals surface area (Å²) in [4.78, 5) is 0. The van der Waals surface area contributed by atoms with Gasteiger partial charge in [-0.2, -0.15) is 0 Å². The van der Waals surface area contributed by atoms with Crippen molar-refractivity contribution in [2.45, 2.75) is 0 Å². The van der Waals surface area contributed by atoms with Crippen LogP contribution < -0.4 is 0 Å². The lowest BCUT2D eigenvalue weighted by atomic mass is 9.84. The maximum Gasteiger partial charge on any atom is 0.136 e. The highest BCUT2D eigenvalue weighted by Gasteiger charge is 2.19. The normalized spacial score (nSPS) is 12.5. The van der Waals surface area contributed by atoms with Crippen molar-refractivity contribution in [2.75, 3.05) is 0 Å². The van der Waals surface area contributed by atoms with Gasteiger partial charge in [0.15, 0.2) is 0 Å². The monoisotopic (exact) mass is 625 g/mol. The zero-order valence-corrected chi connectivity index (χ0v) is 26.5. The van der Waals surface area contributed by atoms with Gasteiger partial charge in [-0.05, 0) is 107 Å². The van der Waals surface area contributed by atoms with E-state index < -0.39 is 0 Å². The van der Waals surface area contributed by atoms with Crippen molar-refractivity contribution in [3.8, 4) is 44.5 Å². The smallest absolute Gasteiger partial charge is 0.136 e. The molecule has 9 aromatic carbocycles. The minimum Gasteiger partial charge on any atom is -0.456 e. The third-order valence-corrected chi connectivity index (χ3v) is 9.75. The maximum absolute atomic E-state index is 9.91. The minimum absolute atomic E-state index is 0.0464. The second-order valence-electron chi connectivity index (χ2n) is 12.6. The molecule has 228 valence electrons. The van der Waals surface area contributed by atoms with E-state index in [0.717, 1.165) is 76.7 Å². The molecule has 10 aromatic rings. The van der Waals surface area contributed by atoms with Crippen molar-refractivity contribution in [2.24, 2.45) is 0 Å². The van der Waals surface area contributed by atoms with Gasteiger partial charge in [-0.15, -0.1) is 0 Å². The van der Waals surface area contributed by atoms with Crippen LogP contribution in [0.3, 0.4) is 0 Å². The van der Waals surface area contributed by atoms with E-state index in [9.17, 15) is 4.11 Å². The standard InChI is InChI=1S/C48H30O/c1-3-13-31(14-4-1)37-25-23-35(28-42(37)32-15-5-2-6-16-32)47-38-19-9-11-21-40(38)48(41-22-12-10-20-39(41)47)36-24-26-45-43(29-36)44-27-33-17-7-8-18-34(33)30-46(44)49-45/h1-30H/i23D,25D,28D. The van der Waals surface area contributed by atoms with Crippen LogP contribution in [-0.2, 0) is 0 Å². The Kier molecular flexibility index (Phi) is 5.58. The van der Waals surface area contributed by atoms with E-state index in [1.54, 1.807) is 0 Å². The van der Waals surface area contributed by atoms with E-state index in [0.29, 0.717) is 16.7 Å². The molecule has 0 aliphatic heterocycles. The van der Waals surface area contributed by atoms with Gasteiger partial charge >= 0.3 is 0 Å². The van der Waals surface area contributed by atoms with Crippen molar-refractivity contribution < 1.29 is 8.53 Å². The minimum atomic E-state index is 0.0464. The molecule has 0 spiro atoms. The van der Waals surface area contributed by atoms with E-state index >= 15 is 0 Å². The van der Waals surface area contributed by atoms with E-state index in [-0.39, 0.29) is 18.1 Å². The first kappa shape index (κ1) is 24.7. The molecule has 0 aliphatic carbocycles. The lowest BCUT2D eigenvalue weighted by Gasteiger charge is -2.19. The van der Waals surface area contributed by atoms with Gasteiger partial charge < -0.3 is 4.42 Å². The highest BCUT2D eigenvalue weighted by atomic mass is 16.3. The second kappa shape index (κ2) is 11.1. The van der Waals surface area contributed by atoms with Gasteiger partial charge in [0.2, 0.25) is 0 Å². The number of benzene rings is 9. The SMILES string of the molecule is [2H]c1c([2H])c(-c2ccccc2)c(-c2ccccc2)c([2H])c1-c1c2ccccc2c(-c2ccc3oc4cc5ccccc5cc4c3c2)c2ccccc12. The first-order valence-corrected chi connectivity index (χ1v) is 16.6. The molecule has 1 heterocycles. The zero-order chi connectivity index (χ0) is 34.9. The molecular formula is C48H30O. The van der Waals surface area contributed by atoms with E-state index in [1.165, 1.54) is 5.39 Å². The van der Waals surface area contributed by atoms with Crippen LogP contribution in [0, 0.1) is 0 Å². The maximum atomic E-state index is 9.91. The predicted molar refractivity (Wildman–Crippen MR) is 208 cm³/mol. The van der Waals surface area contributed by atoms with Crippen LogP contribution in [0.25, 0.3) is 98.8 Å². The van der Waals surface area contributed by atoms with Gasteiger partial charge in [-0.3, -0.25) is 0 Å². The van der Waals surface area contributed by atoms with Gasteiger partial charge in [0, 0.05) is 10.8 Å². The number of hydrogen-bond acceptors (Lipinski definition) is 1. The topological polar surface area (TPSA) is 13.1 Å². The van der Waals surface area contributed by atoms with Crippen molar-refractivity contribution in [3.63, 3.8) is 0 Å². The molecule has 0 N–H and O–H groups in total. The Morgan fingerprint density at radius 3 is 1.49 bits per heavy atom. The largest absolute Gasteiger partial charge is 0.456 e. The number of furan rings is 1. The summed E-state index contributed by atoms with van der Waals surface area (Å²) in [6, 6.07) is 55.7. The molecule has 10 rings (SSSR count). The fourth-order valence-corrected chi connectivity index (χ4v) is 7.50. The van der Waals surface area contributed by atoms with Crippen LogP contribution in [0.5, 0.6) is 0 Å². The van der Waals surface area contributed by atoms with Crippen molar-refractivity contribution in [3.05, 3.63) is 182 Å². The van der Waals surface area contributed by atoms with E-state index in [2.05, 4.69) is 84.9 Å². The van der Waals surface area contributed by atoms with Crippen LogP contribution >= 0.6 is 0 Å². The summed E-state index contributed by atoms with van der Waals surface area (Å²) >= 11 is 0. The van der Waals surface area contributed by atoms with Crippen molar-refractivity contribution >= 4 is 54.3 Å². The summed E-state index contributed by atoms with van der Waals surface area (Å²) < 4.78 is 35.4. The molecule has 49 heavy (non-hydrogen) atoms. The molecule has 0 amide bonds. The van der Waals surface area contributed by atoms with Gasteiger partial charge in [-0.1, -0.05) is 152 Å². The molecule has 0 radical (unpaired) electrons. The Bertz CT molecular complexity index is 2980. The van der Waals surface area contributed by atoms with E-state index in [4.69, 9.17) is 4.42 Å². The summed E-state index contributed by atoms with van der Waals surface area (Å²) in [6.45, 7) is 0. The Morgan fingerprint density at radius 2 is 0.857 bits per heavy atom. The summed E-state index contributed by atoms with van der Waals surface area (Å²) in [7, 11) is 0. The summed E-state index contributed by atoms with van der Waals surface area (Å²) in [5, 5.41) is 8.36. The lowest BCUT2D eigenvalue weighted by molar-refractivity contribution is 0.669. The van der Waals surface area contributed by atoms with Crippen molar-refractivity contribution in [1.29, 1.82) is 0 Å². The highest BCUT2D eigenvalue weighted by molar-refractivity contribution is 6.22. The fourth-order valence-electron chi connectivity index (χ4n) is 7.50. The van der Waals surface area contributed by atoms with Crippen LogP contribution in [0.4, 0.5) is 0 Å². The lowest BCUT2D eigenvalue weighted by Crippen LogP contribution is -1.92. The number of hydrogen-bond donors (Lipinski definition) is 0. The third-order valence-electron chi connectivity index (χ3n) is 9.75. The predicted octanol–water partition coefficient (Wildman–Crippen LogP) is 13.7. The molecule has 0 saturated heterocycles. The second-order valence-corrected chi connectivity index (χ2v) is 12.6. The third kappa shape index (κ3) is 4.47. The number of fused-ring (bicyclic) bond motifs is 6.